The zero-order valence-electron chi connectivity index (χ0n) is 13.1. The Labute approximate surface area is 134 Å². The fraction of sp³-hybridized carbons (Fsp3) is 0.500. The zero-order valence-corrected chi connectivity index (χ0v) is 13.9. The molecule has 1 aliphatic rings. The first-order chi connectivity index (χ1) is 10.7. The molecular formula is C14H19N3O5S. The Kier molecular flexibility index (Phi) is 5.00. The molecule has 1 heterocycles. The van der Waals surface area contributed by atoms with Crippen molar-refractivity contribution in [3.05, 3.63) is 33.9 Å². The van der Waals surface area contributed by atoms with E-state index in [0.29, 0.717) is 31.7 Å². The van der Waals surface area contributed by atoms with Crippen LogP contribution in [0.25, 0.3) is 0 Å². The van der Waals surface area contributed by atoms with Gasteiger partial charge in [-0.2, -0.15) is 0 Å². The lowest BCUT2D eigenvalue weighted by atomic mass is 10.1. The highest BCUT2D eigenvalue weighted by atomic mass is 32.2. The SMILES string of the molecule is CC(=O)c1ccc(N2CCCN(S(C)(=O)=O)CC2)c([N+](=O)[O-])c1. The fourth-order valence-corrected chi connectivity index (χ4v) is 3.50. The van der Waals surface area contributed by atoms with E-state index in [-0.39, 0.29) is 23.6 Å². The van der Waals surface area contributed by atoms with Gasteiger partial charge in [-0.15, -0.1) is 0 Å². The smallest absolute Gasteiger partial charge is 0.293 e. The number of carbonyl (C=O) groups excluding carboxylic acids is 1. The third-order valence-corrected chi connectivity index (χ3v) is 5.15. The number of hydrogen-bond donors (Lipinski definition) is 0. The Morgan fingerprint density at radius 1 is 1.22 bits per heavy atom. The first kappa shape index (κ1) is 17.4. The van der Waals surface area contributed by atoms with Crippen molar-refractivity contribution in [2.24, 2.45) is 0 Å². The molecule has 0 unspecified atom stereocenters. The lowest BCUT2D eigenvalue weighted by Gasteiger charge is -2.23. The highest BCUT2D eigenvalue weighted by Gasteiger charge is 2.26. The summed E-state index contributed by atoms with van der Waals surface area (Å²) in [5, 5.41) is 11.3. The maximum atomic E-state index is 11.6. The van der Waals surface area contributed by atoms with Gasteiger partial charge in [-0.3, -0.25) is 14.9 Å². The molecule has 1 aromatic carbocycles. The maximum Gasteiger partial charge on any atom is 0.293 e. The number of Topliss-reactive ketones (excluding diaryl/α,β-unsaturated/α-hetero) is 1. The van der Waals surface area contributed by atoms with Gasteiger partial charge in [-0.05, 0) is 25.5 Å². The predicted octanol–water partition coefficient (Wildman–Crippen LogP) is 1.27. The molecule has 2 rings (SSSR count). The number of nitro benzene ring substituents is 1. The van der Waals surface area contributed by atoms with Crippen molar-refractivity contribution in [3.8, 4) is 0 Å². The average molecular weight is 341 g/mol. The van der Waals surface area contributed by atoms with E-state index in [4.69, 9.17) is 0 Å². The van der Waals surface area contributed by atoms with Crippen LogP contribution in [-0.2, 0) is 10.0 Å². The molecule has 0 N–H and O–H groups in total. The van der Waals surface area contributed by atoms with Gasteiger partial charge in [-0.25, -0.2) is 12.7 Å². The largest absolute Gasteiger partial charge is 0.365 e. The lowest BCUT2D eigenvalue weighted by molar-refractivity contribution is -0.384. The van der Waals surface area contributed by atoms with E-state index in [2.05, 4.69) is 0 Å². The second-order valence-corrected chi connectivity index (χ2v) is 7.50. The fourth-order valence-electron chi connectivity index (χ4n) is 2.62. The summed E-state index contributed by atoms with van der Waals surface area (Å²) in [6, 6.07) is 4.39. The summed E-state index contributed by atoms with van der Waals surface area (Å²) in [6.07, 6.45) is 1.74. The summed E-state index contributed by atoms with van der Waals surface area (Å²) in [5.41, 5.74) is 0.564. The minimum Gasteiger partial charge on any atom is -0.365 e. The van der Waals surface area contributed by atoms with Crippen molar-refractivity contribution in [1.82, 2.24) is 4.31 Å². The molecule has 0 aromatic heterocycles. The minimum atomic E-state index is -3.27. The van der Waals surface area contributed by atoms with Crippen molar-refractivity contribution >= 4 is 27.2 Å². The first-order valence-electron chi connectivity index (χ1n) is 7.19. The molecule has 1 aliphatic heterocycles. The predicted molar refractivity (Wildman–Crippen MR) is 86.3 cm³/mol. The van der Waals surface area contributed by atoms with Gasteiger partial charge in [0, 0.05) is 37.8 Å². The standard InChI is InChI=1S/C14H19N3O5S/c1-11(18)12-4-5-13(14(10-12)17(19)20)15-6-3-7-16(9-8-15)23(2,21)22/h4-5,10H,3,6-9H2,1-2H3. The number of rotatable bonds is 4. The number of nitrogens with zero attached hydrogens (tertiary/aromatic N) is 3. The van der Waals surface area contributed by atoms with Crippen LogP contribution in [0.5, 0.6) is 0 Å². The van der Waals surface area contributed by atoms with Crippen LogP contribution in [0.1, 0.15) is 23.7 Å². The van der Waals surface area contributed by atoms with Crippen molar-refractivity contribution in [1.29, 1.82) is 0 Å². The van der Waals surface area contributed by atoms with Gasteiger partial charge in [0.2, 0.25) is 10.0 Å². The third kappa shape index (κ3) is 4.05. The molecule has 23 heavy (non-hydrogen) atoms. The van der Waals surface area contributed by atoms with Crippen LogP contribution in [-0.4, -0.2) is 55.9 Å². The summed E-state index contributed by atoms with van der Waals surface area (Å²) < 4.78 is 24.7. The number of anilines is 1. The summed E-state index contributed by atoms with van der Waals surface area (Å²) >= 11 is 0. The zero-order chi connectivity index (χ0) is 17.2. The second-order valence-electron chi connectivity index (χ2n) is 5.52. The van der Waals surface area contributed by atoms with E-state index in [1.807, 2.05) is 0 Å². The Hall–Kier alpha value is -2.00. The molecule has 0 radical (unpaired) electrons. The number of hydrogen-bond acceptors (Lipinski definition) is 6. The van der Waals surface area contributed by atoms with E-state index in [1.54, 1.807) is 17.0 Å². The highest BCUT2D eigenvalue weighted by Crippen LogP contribution is 2.30. The van der Waals surface area contributed by atoms with Crippen LogP contribution >= 0.6 is 0 Å². The number of nitro groups is 1. The summed E-state index contributed by atoms with van der Waals surface area (Å²) in [4.78, 5) is 24.0. The molecule has 0 saturated carbocycles. The lowest BCUT2D eigenvalue weighted by Crippen LogP contribution is -2.34. The van der Waals surface area contributed by atoms with Gasteiger partial charge >= 0.3 is 0 Å². The van der Waals surface area contributed by atoms with E-state index >= 15 is 0 Å². The van der Waals surface area contributed by atoms with Crippen LogP contribution in [0, 0.1) is 10.1 Å². The Morgan fingerprint density at radius 2 is 1.91 bits per heavy atom. The van der Waals surface area contributed by atoms with E-state index in [0.717, 1.165) is 6.26 Å². The minimum absolute atomic E-state index is 0.134. The Bertz CT molecular complexity index is 732. The van der Waals surface area contributed by atoms with Crippen molar-refractivity contribution in [2.75, 3.05) is 37.3 Å². The van der Waals surface area contributed by atoms with Crippen molar-refractivity contribution in [2.45, 2.75) is 13.3 Å². The number of sulfonamides is 1. The first-order valence-corrected chi connectivity index (χ1v) is 9.04. The molecule has 0 bridgehead atoms. The molecule has 0 amide bonds. The van der Waals surface area contributed by atoms with Crippen LogP contribution in [0.2, 0.25) is 0 Å². The topological polar surface area (TPSA) is 101 Å². The monoisotopic (exact) mass is 341 g/mol. The molecule has 1 fully saturated rings. The van der Waals surface area contributed by atoms with Crippen LogP contribution in [0.4, 0.5) is 11.4 Å². The van der Waals surface area contributed by atoms with Gasteiger partial charge in [0.1, 0.15) is 5.69 Å². The highest BCUT2D eigenvalue weighted by molar-refractivity contribution is 7.88. The molecule has 0 aliphatic carbocycles. The number of carbonyl (C=O) groups is 1. The maximum absolute atomic E-state index is 11.6. The second kappa shape index (κ2) is 6.63. The summed E-state index contributed by atoms with van der Waals surface area (Å²) in [6.45, 7) is 2.92. The normalized spacial score (nSPS) is 16.9. The Balaban J connectivity index is 2.31. The molecule has 0 atom stereocenters. The molecule has 1 saturated heterocycles. The van der Waals surface area contributed by atoms with Gasteiger partial charge < -0.3 is 4.90 Å². The molecular weight excluding hydrogens is 322 g/mol. The molecule has 9 heteroatoms. The number of benzene rings is 1. The van der Waals surface area contributed by atoms with Gasteiger partial charge in [0.15, 0.2) is 5.78 Å². The average Bonchev–Trinajstić information content (AvgIpc) is 2.72. The van der Waals surface area contributed by atoms with Gasteiger partial charge in [0.05, 0.1) is 11.2 Å². The third-order valence-electron chi connectivity index (χ3n) is 3.84. The summed E-state index contributed by atoms with van der Waals surface area (Å²) in [7, 11) is -3.27. The van der Waals surface area contributed by atoms with E-state index < -0.39 is 14.9 Å². The van der Waals surface area contributed by atoms with Crippen molar-refractivity contribution in [3.63, 3.8) is 0 Å². The van der Waals surface area contributed by atoms with Gasteiger partial charge in [-0.1, -0.05) is 0 Å². The quantitative estimate of drug-likeness (QED) is 0.464. The Morgan fingerprint density at radius 3 is 2.48 bits per heavy atom. The van der Waals surface area contributed by atoms with Gasteiger partial charge in [0.25, 0.3) is 5.69 Å². The van der Waals surface area contributed by atoms with Crippen molar-refractivity contribution < 1.29 is 18.1 Å². The molecule has 0 spiro atoms. The molecule has 1 aromatic rings. The van der Waals surface area contributed by atoms with Crippen LogP contribution in [0.3, 0.4) is 0 Å². The van der Waals surface area contributed by atoms with E-state index in [1.165, 1.54) is 17.3 Å². The van der Waals surface area contributed by atoms with Crippen LogP contribution < -0.4 is 4.90 Å². The molecule has 8 nitrogen and oxygen atoms in total. The van der Waals surface area contributed by atoms with E-state index in [9.17, 15) is 23.3 Å². The summed E-state index contributed by atoms with van der Waals surface area (Å²) in [5.74, 6) is -0.237. The number of ketones is 1. The molecule has 126 valence electrons. The van der Waals surface area contributed by atoms with Crippen LogP contribution in [0.15, 0.2) is 18.2 Å².